The topological polar surface area (TPSA) is 77.8 Å². The van der Waals surface area contributed by atoms with E-state index in [1.165, 1.54) is 7.11 Å². The summed E-state index contributed by atoms with van der Waals surface area (Å²) in [6.45, 7) is 7.96. The number of Topliss-reactive ketones (excluding diaryl/α,β-unsaturated/α-hetero) is 1. The van der Waals surface area contributed by atoms with Crippen LogP contribution in [-0.4, -0.2) is 65.9 Å². The maximum absolute atomic E-state index is 13.2. The van der Waals surface area contributed by atoms with Crippen molar-refractivity contribution in [2.75, 3.05) is 32.7 Å². The predicted molar refractivity (Wildman–Crippen MR) is 111 cm³/mol. The first kappa shape index (κ1) is 23.4. The van der Waals surface area contributed by atoms with Crippen molar-refractivity contribution in [3.8, 4) is 0 Å². The second-order valence-corrected chi connectivity index (χ2v) is 8.51. The number of alkyl halides is 1. The summed E-state index contributed by atoms with van der Waals surface area (Å²) < 4.78 is 12.2. The highest BCUT2D eigenvalue weighted by molar-refractivity contribution is 6.20. The zero-order valence-corrected chi connectivity index (χ0v) is 18.9. The number of methoxy groups -OCH3 is 1. The van der Waals surface area contributed by atoms with Gasteiger partial charge in [-0.25, -0.2) is 4.79 Å². The second-order valence-electron chi connectivity index (χ2n) is 8.25. The van der Waals surface area contributed by atoms with Gasteiger partial charge in [-0.05, 0) is 46.1 Å². The molecule has 1 aromatic rings. The predicted octanol–water partition coefficient (Wildman–Crippen LogP) is 2.88. The Morgan fingerprint density at radius 2 is 1.97 bits per heavy atom. The lowest BCUT2D eigenvalue weighted by Crippen LogP contribution is -2.47. The number of aromatic nitrogens is 1. The van der Waals surface area contributed by atoms with E-state index in [-0.39, 0.29) is 30.2 Å². The fraction of sp³-hybridized carbons (Fsp3) is 0.667. The average molecular weight is 427 g/mol. The van der Waals surface area contributed by atoms with E-state index in [1.807, 2.05) is 0 Å². The van der Waals surface area contributed by atoms with Crippen LogP contribution in [0.15, 0.2) is 0 Å². The lowest BCUT2D eigenvalue weighted by molar-refractivity contribution is -0.140. The first-order valence-corrected chi connectivity index (χ1v) is 10.3. The fourth-order valence-electron chi connectivity index (χ4n) is 3.77. The van der Waals surface area contributed by atoms with E-state index in [9.17, 15) is 14.4 Å². The molecule has 29 heavy (non-hydrogen) atoms. The fourth-order valence-corrected chi connectivity index (χ4v) is 3.88. The van der Waals surface area contributed by atoms with Crippen LogP contribution in [0, 0.1) is 19.3 Å². The number of nitrogens with zero attached hydrogens (tertiary/aromatic N) is 2. The van der Waals surface area contributed by atoms with Gasteiger partial charge in [-0.3, -0.25) is 9.59 Å². The number of hydrogen-bond acceptors (Lipinski definition) is 5. The third-order valence-electron chi connectivity index (χ3n) is 5.57. The van der Waals surface area contributed by atoms with Gasteiger partial charge in [-0.15, -0.1) is 11.6 Å². The molecule has 8 heteroatoms. The summed E-state index contributed by atoms with van der Waals surface area (Å²) in [5.74, 6) is -0.751. The molecule has 2 heterocycles. The highest BCUT2D eigenvalue weighted by Gasteiger charge is 2.35. The molecule has 1 amide bonds. The maximum Gasteiger partial charge on any atom is 0.354 e. The van der Waals surface area contributed by atoms with Crippen molar-refractivity contribution in [3.63, 3.8) is 0 Å². The van der Waals surface area contributed by atoms with E-state index in [0.717, 1.165) is 12.8 Å². The number of esters is 1. The Morgan fingerprint density at radius 3 is 2.48 bits per heavy atom. The molecule has 1 fully saturated rings. The molecule has 0 aliphatic carbocycles. The van der Waals surface area contributed by atoms with Gasteiger partial charge in [-0.2, -0.15) is 0 Å². The normalized spacial score (nSPS) is 16.7. The summed E-state index contributed by atoms with van der Waals surface area (Å²) in [4.78, 5) is 40.0. The van der Waals surface area contributed by atoms with Gasteiger partial charge in [0.2, 0.25) is 5.91 Å². The lowest BCUT2D eigenvalue weighted by atomic mass is 9.93. The molecule has 1 aromatic heterocycles. The van der Waals surface area contributed by atoms with Crippen molar-refractivity contribution < 1.29 is 23.9 Å². The van der Waals surface area contributed by atoms with Crippen LogP contribution in [0.25, 0.3) is 0 Å². The van der Waals surface area contributed by atoms with Crippen LogP contribution in [-0.2, 0) is 21.3 Å². The van der Waals surface area contributed by atoms with Gasteiger partial charge in [0, 0.05) is 37.3 Å². The van der Waals surface area contributed by atoms with Crippen LogP contribution in [0.2, 0.25) is 0 Å². The molecular formula is C21H31ClN2O5. The molecule has 1 atom stereocenters. The van der Waals surface area contributed by atoms with Gasteiger partial charge in [0.15, 0.2) is 5.78 Å². The Labute approximate surface area is 177 Å². The van der Waals surface area contributed by atoms with E-state index in [1.54, 1.807) is 44.2 Å². The number of hydrogen-bond donors (Lipinski definition) is 0. The summed E-state index contributed by atoms with van der Waals surface area (Å²) in [6.07, 6.45) is 1.72. The van der Waals surface area contributed by atoms with Gasteiger partial charge in [0.25, 0.3) is 0 Å². The highest BCUT2D eigenvalue weighted by atomic mass is 35.5. The standard InChI is InChI=1S/C21H31ClN2O5/c1-13-17(14(2)23(5)18(13)19(26)28-6)16(25)11-24(10-15-8-7-9-29-15)20(27)21(3,4)12-22/h15H,7-12H2,1-6H3/t15-/m0/s1. The molecule has 0 saturated carbocycles. The van der Waals surface area contributed by atoms with E-state index in [2.05, 4.69) is 0 Å². The Hall–Kier alpha value is -1.86. The van der Waals surface area contributed by atoms with E-state index in [4.69, 9.17) is 21.1 Å². The summed E-state index contributed by atoms with van der Waals surface area (Å²) in [6, 6.07) is 0. The quantitative estimate of drug-likeness (QED) is 0.363. The Morgan fingerprint density at radius 1 is 1.31 bits per heavy atom. The van der Waals surface area contributed by atoms with Gasteiger partial charge in [0.1, 0.15) is 5.69 Å². The molecule has 0 radical (unpaired) electrons. The number of carbonyl (C=O) groups excluding carboxylic acids is 3. The monoisotopic (exact) mass is 426 g/mol. The van der Waals surface area contributed by atoms with E-state index in [0.29, 0.717) is 35.7 Å². The van der Waals surface area contributed by atoms with Crippen LogP contribution >= 0.6 is 11.6 Å². The first-order chi connectivity index (χ1) is 13.5. The van der Waals surface area contributed by atoms with Crippen LogP contribution in [0.1, 0.15) is 58.8 Å². The van der Waals surface area contributed by atoms with E-state index >= 15 is 0 Å². The largest absolute Gasteiger partial charge is 0.464 e. The van der Waals surface area contributed by atoms with Crippen LogP contribution in [0.3, 0.4) is 0 Å². The number of ether oxygens (including phenoxy) is 2. The molecule has 0 spiro atoms. The minimum atomic E-state index is -0.793. The SMILES string of the molecule is COC(=O)c1c(C)c(C(=O)CN(C[C@@H]2CCCO2)C(=O)C(C)(C)CCl)c(C)n1C. The number of halogens is 1. The van der Waals surface area contributed by atoms with Gasteiger partial charge >= 0.3 is 5.97 Å². The number of ketones is 1. The molecule has 1 aliphatic rings. The Bertz CT molecular complexity index is 793. The van der Waals surface area contributed by atoms with Crippen molar-refractivity contribution >= 4 is 29.3 Å². The average Bonchev–Trinajstić information content (AvgIpc) is 3.26. The molecule has 1 saturated heterocycles. The van der Waals surface area contributed by atoms with Gasteiger partial charge < -0.3 is 18.9 Å². The zero-order valence-electron chi connectivity index (χ0n) is 18.1. The molecule has 7 nitrogen and oxygen atoms in total. The summed E-state index contributed by atoms with van der Waals surface area (Å²) in [5.41, 5.74) is 1.21. The summed E-state index contributed by atoms with van der Waals surface area (Å²) in [5, 5.41) is 0. The molecular weight excluding hydrogens is 396 g/mol. The molecule has 162 valence electrons. The number of amides is 1. The Kier molecular flexibility index (Phi) is 7.51. The van der Waals surface area contributed by atoms with Crippen LogP contribution in [0.4, 0.5) is 0 Å². The molecule has 1 aliphatic heterocycles. The summed E-state index contributed by atoms with van der Waals surface area (Å²) >= 11 is 6.01. The third kappa shape index (κ3) is 4.83. The van der Waals surface area contributed by atoms with Crippen molar-refractivity contribution in [2.24, 2.45) is 12.5 Å². The third-order valence-corrected chi connectivity index (χ3v) is 6.24. The van der Waals surface area contributed by atoms with Gasteiger partial charge in [0.05, 0.1) is 25.2 Å². The van der Waals surface area contributed by atoms with Crippen molar-refractivity contribution in [3.05, 3.63) is 22.5 Å². The zero-order chi connectivity index (χ0) is 21.9. The minimum absolute atomic E-state index is 0.0820. The van der Waals surface area contributed by atoms with Gasteiger partial charge in [-0.1, -0.05) is 0 Å². The number of rotatable bonds is 8. The van der Waals surface area contributed by atoms with Crippen molar-refractivity contribution in [1.82, 2.24) is 9.47 Å². The molecule has 0 aromatic carbocycles. The van der Waals surface area contributed by atoms with Crippen molar-refractivity contribution in [1.29, 1.82) is 0 Å². The van der Waals surface area contributed by atoms with Crippen molar-refractivity contribution in [2.45, 2.75) is 46.6 Å². The van der Waals surface area contributed by atoms with Crippen LogP contribution < -0.4 is 0 Å². The number of carbonyl (C=O) groups is 3. The molecule has 2 rings (SSSR count). The minimum Gasteiger partial charge on any atom is -0.464 e. The maximum atomic E-state index is 13.2. The van der Waals surface area contributed by atoms with Crippen LogP contribution in [0.5, 0.6) is 0 Å². The summed E-state index contributed by atoms with van der Waals surface area (Å²) in [7, 11) is 3.03. The second kappa shape index (κ2) is 9.30. The molecule has 0 N–H and O–H groups in total. The van der Waals surface area contributed by atoms with E-state index < -0.39 is 11.4 Å². The Balaban J connectivity index is 2.34. The first-order valence-electron chi connectivity index (χ1n) is 9.79. The smallest absolute Gasteiger partial charge is 0.354 e. The highest BCUT2D eigenvalue weighted by Crippen LogP contribution is 2.26. The molecule has 0 unspecified atom stereocenters. The molecule has 0 bridgehead atoms. The lowest BCUT2D eigenvalue weighted by Gasteiger charge is -2.32.